The van der Waals surface area contributed by atoms with Gasteiger partial charge in [0.25, 0.3) is 0 Å². The minimum absolute atomic E-state index is 0.258. The molecule has 0 saturated carbocycles. The van der Waals surface area contributed by atoms with Gasteiger partial charge in [0.05, 0.1) is 6.61 Å². The van der Waals surface area contributed by atoms with Gasteiger partial charge in [-0.15, -0.1) is 0 Å². The number of ether oxygens (including phenoxy) is 1. The monoisotopic (exact) mass is 240 g/mol. The molecule has 5 nitrogen and oxygen atoms in total. The smallest absolute Gasteiger partial charge is 0.397 e. The van der Waals surface area contributed by atoms with Gasteiger partial charge in [-0.05, 0) is 32.7 Å². The van der Waals surface area contributed by atoms with Crippen LogP contribution in [0.25, 0.3) is 0 Å². The Morgan fingerprint density at radius 3 is 2.76 bits per heavy atom. The van der Waals surface area contributed by atoms with Gasteiger partial charge in [-0.1, -0.05) is 0 Å². The third-order valence-corrected chi connectivity index (χ3v) is 3.54. The van der Waals surface area contributed by atoms with Crippen LogP contribution in [0.4, 0.5) is 0 Å². The van der Waals surface area contributed by atoms with Gasteiger partial charge in [-0.2, -0.15) is 0 Å². The van der Waals surface area contributed by atoms with Crippen LogP contribution in [0.15, 0.2) is 0 Å². The van der Waals surface area contributed by atoms with E-state index in [0.29, 0.717) is 19.1 Å². The molecule has 0 aromatic carbocycles. The molecule has 2 fully saturated rings. The summed E-state index contributed by atoms with van der Waals surface area (Å²) in [5.74, 6) is -1.18. The summed E-state index contributed by atoms with van der Waals surface area (Å²) in [5, 5.41) is 0. The topological polar surface area (TPSA) is 49.9 Å². The molecule has 2 saturated heterocycles. The van der Waals surface area contributed by atoms with E-state index in [0.717, 1.165) is 25.9 Å². The minimum atomic E-state index is -0.709. The number of carbonyl (C=O) groups excluding carboxylic acids is 2. The third-order valence-electron chi connectivity index (χ3n) is 3.54. The van der Waals surface area contributed by atoms with Crippen molar-refractivity contribution >= 4 is 11.9 Å². The summed E-state index contributed by atoms with van der Waals surface area (Å²) in [6.07, 6.45) is 3.28. The fourth-order valence-corrected chi connectivity index (χ4v) is 2.71. The fourth-order valence-electron chi connectivity index (χ4n) is 2.71. The largest absolute Gasteiger partial charge is 0.459 e. The van der Waals surface area contributed by atoms with Crippen molar-refractivity contribution in [3.63, 3.8) is 0 Å². The van der Waals surface area contributed by atoms with Gasteiger partial charge in [0.1, 0.15) is 0 Å². The zero-order chi connectivity index (χ0) is 12.3. The average molecular weight is 240 g/mol. The Balaban J connectivity index is 1.96. The number of fused-ring (bicyclic) bond motifs is 1. The van der Waals surface area contributed by atoms with Crippen molar-refractivity contribution in [3.05, 3.63) is 0 Å². The average Bonchev–Trinajstić information content (AvgIpc) is 2.66. The van der Waals surface area contributed by atoms with E-state index in [9.17, 15) is 9.59 Å². The molecule has 2 rings (SSSR count). The van der Waals surface area contributed by atoms with Crippen molar-refractivity contribution < 1.29 is 14.3 Å². The molecule has 1 amide bonds. The predicted molar refractivity (Wildman–Crippen MR) is 62.4 cm³/mol. The molecule has 1 unspecified atom stereocenters. The van der Waals surface area contributed by atoms with Gasteiger partial charge < -0.3 is 9.64 Å². The van der Waals surface area contributed by atoms with Crippen molar-refractivity contribution in [2.24, 2.45) is 0 Å². The highest BCUT2D eigenvalue weighted by atomic mass is 16.5. The quantitative estimate of drug-likeness (QED) is 0.487. The maximum Gasteiger partial charge on any atom is 0.397 e. The molecule has 96 valence electrons. The molecular weight excluding hydrogens is 220 g/mol. The predicted octanol–water partition coefficient (Wildman–Crippen LogP) is 0.246. The lowest BCUT2D eigenvalue weighted by molar-refractivity contribution is -0.160. The van der Waals surface area contributed by atoms with Gasteiger partial charge in [-0.3, -0.25) is 9.69 Å². The minimum Gasteiger partial charge on any atom is -0.459 e. The van der Waals surface area contributed by atoms with Gasteiger partial charge in [0, 0.05) is 25.7 Å². The lowest BCUT2D eigenvalue weighted by atomic mass is 10.2. The first-order valence-corrected chi connectivity index (χ1v) is 6.42. The molecule has 17 heavy (non-hydrogen) atoms. The summed E-state index contributed by atoms with van der Waals surface area (Å²) in [7, 11) is 0. The number of esters is 1. The van der Waals surface area contributed by atoms with E-state index in [2.05, 4.69) is 4.90 Å². The number of hydrogen-bond acceptors (Lipinski definition) is 4. The molecule has 0 aliphatic carbocycles. The van der Waals surface area contributed by atoms with Crippen LogP contribution in [0.3, 0.4) is 0 Å². The Kier molecular flexibility index (Phi) is 3.99. The van der Waals surface area contributed by atoms with Crippen LogP contribution in [0.2, 0.25) is 0 Å². The van der Waals surface area contributed by atoms with Crippen molar-refractivity contribution in [2.45, 2.75) is 32.2 Å². The van der Waals surface area contributed by atoms with E-state index in [1.165, 1.54) is 6.42 Å². The molecular formula is C12H20N2O3. The standard InChI is InChI=1S/C12H20N2O3/c1-2-17-12(16)11(15)14-8-4-7-13-6-3-5-10(13)9-14/h10H,2-9H2,1H3. The van der Waals surface area contributed by atoms with Crippen LogP contribution in [-0.4, -0.2) is 60.5 Å². The summed E-state index contributed by atoms with van der Waals surface area (Å²) in [5.41, 5.74) is 0. The lowest BCUT2D eigenvalue weighted by Gasteiger charge is -2.24. The van der Waals surface area contributed by atoms with Crippen molar-refractivity contribution in [1.29, 1.82) is 0 Å². The molecule has 2 aliphatic heterocycles. The molecule has 5 heteroatoms. The summed E-state index contributed by atoms with van der Waals surface area (Å²) in [4.78, 5) is 27.4. The Morgan fingerprint density at radius 2 is 2.00 bits per heavy atom. The summed E-state index contributed by atoms with van der Waals surface area (Å²) in [6, 6.07) is 0.441. The second-order valence-electron chi connectivity index (χ2n) is 4.66. The number of amides is 1. The molecule has 0 bridgehead atoms. The zero-order valence-corrected chi connectivity index (χ0v) is 10.4. The fraction of sp³-hybridized carbons (Fsp3) is 0.833. The van der Waals surface area contributed by atoms with Crippen molar-refractivity contribution in [3.8, 4) is 0 Å². The highest BCUT2D eigenvalue weighted by Gasteiger charge is 2.32. The SMILES string of the molecule is CCOC(=O)C(=O)N1CCCN2CCCC2C1. The normalized spacial score (nSPS) is 25.2. The molecule has 2 heterocycles. The van der Waals surface area contributed by atoms with E-state index in [1.807, 2.05) is 0 Å². The highest BCUT2D eigenvalue weighted by Crippen LogP contribution is 2.21. The van der Waals surface area contributed by atoms with Gasteiger partial charge in [0.2, 0.25) is 0 Å². The van der Waals surface area contributed by atoms with Crippen LogP contribution in [0.1, 0.15) is 26.2 Å². The Labute approximate surface area is 102 Å². The van der Waals surface area contributed by atoms with E-state index in [1.54, 1.807) is 11.8 Å². The van der Waals surface area contributed by atoms with Crippen LogP contribution in [-0.2, 0) is 14.3 Å². The lowest BCUT2D eigenvalue weighted by Crippen LogP contribution is -2.43. The van der Waals surface area contributed by atoms with E-state index in [4.69, 9.17) is 4.74 Å². The van der Waals surface area contributed by atoms with E-state index in [-0.39, 0.29) is 6.61 Å². The van der Waals surface area contributed by atoms with Gasteiger partial charge in [0.15, 0.2) is 0 Å². The van der Waals surface area contributed by atoms with E-state index >= 15 is 0 Å². The Bertz CT molecular complexity index is 306. The number of hydrogen-bond donors (Lipinski definition) is 0. The van der Waals surface area contributed by atoms with Crippen LogP contribution in [0.5, 0.6) is 0 Å². The third kappa shape index (κ3) is 2.77. The van der Waals surface area contributed by atoms with Crippen molar-refractivity contribution in [2.75, 3.05) is 32.8 Å². The summed E-state index contributed by atoms with van der Waals surface area (Å²) in [6.45, 7) is 5.49. The molecule has 1 atom stereocenters. The Hall–Kier alpha value is -1.10. The molecule has 0 aromatic heterocycles. The maximum atomic E-state index is 11.9. The number of rotatable bonds is 1. The van der Waals surface area contributed by atoms with Crippen molar-refractivity contribution in [1.82, 2.24) is 9.80 Å². The van der Waals surface area contributed by atoms with Gasteiger partial charge in [-0.25, -0.2) is 4.79 Å². The van der Waals surface area contributed by atoms with Gasteiger partial charge >= 0.3 is 11.9 Å². The summed E-state index contributed by atoms with van der Waals surface area (Å²) < 4.78 is 4.77. The van der Waals surface area contributed by atoms with Crippen LogP contribution >= 0.6 is 0 Å². The highest BCUT2D eigenvalue weighted by molar-refractivity contribution is 6.32. The van der Waals surface area contributed by atoms with E-state index < -0.39 is 11.9 Å². The molecule has 2 aliphatic rings. The first kappa shape index (κ1) is 12.4. The zero-order valence-electron chi connectivity index (χ0n) is 10.4. The maximum absolute atomic E-state index is 11.9. The molecule has 0 radical (unpaired) electrons. The second kappa shape index (κ2) is 5.49. The first-order chi connectivity index (χ1) is 8.22. The molecule has 0 aromatic rings. The molecule has 0 spiro atoms. The Morgan fingerprint density at radius 1 is 1.24 bits per heavy atom. The van der Waals surface area contributed by atoms with Crippen LogP contribution in [0, 0.1) is 0 Å². The summed E-state index contributed by atoms with van der Waals surface area (Å²) >= 11 is 0. The second-order valence-corrected chi connectivity index (χ2v) is 4.66. The van der Waals surface area contributed by atoms with Crippen LogP contribution < -0.4 is 0 Å². The number of carbonyl (C=O) groups is 2. The first-order valence-electron chi connectivity index (χ1n) is 6.42. The molecule has 0 N–H and O–H groups in total. The number of nitrogens with zero attached hydrogens (tertiary/aromatic N) is 2.